The molecule has 0 aliphatic carbocycles. The Morgan fingerprint density at radius 2 is 2.00 bits per heavy atom. The Kier molecular flexibility index (Phi) is 4.86. The summed E-state index contributed by atoms with van der Waals surface area (Å²) in [4.78, 5) is 26.3. The maximum absolute atomic E-state index is 11.1. The van der Waals surface area contributed by atoms with E-state index in [9.17, 15) is 9.59 Å². The number of thioether (sulfide) groups is 1. The minimum Gasteiger partial charge on any atom is -0.479 e. The van der Waals surface area contributed by atoms with Gasteiger partial charge in [-0.25, -0.2) is 4.79 Å². The Morgan fingerprint density at radius 1 is 1.40 bits per heavy atom. The molecule has 0 amide bonds. The molecule has 1 fully saturated rings. The zero-order valence-electron chi connectivity index (χ0n) is 8.09. The molecule has 86 valence electrons. The first-order valence-electron chi connectivity index (χ1n) is 4.54. The van der Waals surface area contributed by atoms with Crippen LogP contribution in [0.2, 0.25) is 0 Å². The summed E-state index contributed by atoms with van der Waals surface area (Å²) < 4.78 is 0. The molecule has 0 radical (unpaired) electrons. The zero-order valence-corrected chi connectivity index (χ0v) is 8.90. The molecule has 1 unspecified atom stereocenters. The smallest absolute Gasteiger partial charge is 0.333 e. The van der Waals surface area contributed by atoms with Crippen LogP contribution in [0.5, 0.6) is 0 Å². The minimum atomic E-state index is -1.68. The molecule has 7 heteroatoms. The Morgan fingerprint density at radius 3 is 2.53 bits per heavy atom. The molecule has 0 aromatic carbocycles. The number of carboxylic acids is 1. The van der Waals surface area contributed by atoms with E-state index in [1.54, 1.807) is 11.8 Å². The highest BCUT2D eigenvalue weighted by Crippen LogP contribution is 2.10. The number of aliphatic hydroxyl groups excluding tert-OH is 1. The van der Waals surface area contributed by atoms with E-state index in [0.717, 1.165) is 11.5 Å². The highest BCUT2D eigenvalue weighted by Gasteiger charge is 2.21. The van der Waals surface area contributed by atoms with Gasteiger partial charge in [-0.3, -0.25) is 4.79 Å². The van der Waals surface area contributed by atoms with Crippen LogP contribution in [0.4, 0.5) is 0 Å². The predicted molar refractivity (Wildman–Crippen MR) is 53.2 cm³/mol. The average molecular weight is 235 g/mol. The number of carbonyl (C=O) groups is 2. The number of nitrogens with zero attached hydrogens (tertiary/aromatic N) is 1. The molecule has 1 aliphatic rings. The molecule has 1 atom stereocenters. The van der Waals surface area contributed by atoms with Gasteiger partial charge < -0.3 is 15.1 Å². The number of aliphatic carboxylic acids is 1. The maximum Gasteiger partial charge on any atom is 0.333 e. The van der Waals surface area contributed by atoms with Crippen LogP contribution >= 0.6 is 11.8 Å². The minimum absolute atomic E-state index is 0.515. The second-order valence-corrected chi connectivity index (χ2v) is 4.29. The number of hydroxylamine groups is 2. The van der Waals surface area contributed by atoms with Crippen LogP contribution in [0.1, 0.15) is 6.42 Å². The Hall–Kier alpha value is -0.790. The van der Waals surface area contributed by atoms with Gasteiger partial charge >= 0.3 is 11.9 Å². The van der Waals surface area contributed by atoms with Gasteiger partial charge in [0.25, 0.3) is 0 Å². The largest absolute Gasteiger partial charge is 0.479 e. The summed E-state index contributed by atoms with van der Waals surface area (Å²) in [5, 5.41) is 18.8. The van der Waals surface area contributed by atoms with E-state index < -0.39 is 24.5 Å². The van der Waals surface area contributed by atoms with Gasteiger partial charge in [0.1, 0.15) is 0 Å². The van der Waals surface area contributed by atoms with Crippen molar-refractivity contribution >= 4 is 23.7 Å². The summed E-state index contributed by atoms with van der Waals surface area (Å²) in [5.74, 6) is -0.360. The number of rotatable bonds is 4. The van der Waals surface area contributed by atoms with Crippen molar-refractivity contribution in [2.75, 3.05) is 24.6 Å². The SMILES string of the molecule is O=C(CC(O)C(=O)O)ON1CCSCC1. The number of carboxylic acid groups (broad SMARTS) is 1. The van der Waals surface area contributed by atoms with Crippen LogP contribution < -0.4 is 0 Å². The number of aliphatic hydroxyl groups is 1. The Bertz CT molecular complexity index is 241. The molecule has 1 saturated heterocycles. The lowest BCUT2D eigenvalue weighted by molar-refractivity contribution is -0.192. The van der Waals surface area contributed by atoms with Gasteiger partial charge in [0, 0.05) is 24.6 Å². The average Bonchev–Trinajstić information content (AvgIpc) is 2.18. The summed E-state index contributed by atoms with van der Waals surface area (Å²) >= 11 is 1.77. The summed E-state index contributed by atoms with van der Waals surface area (Å²) in [7, 11) is 0. The van der Waals surface area contributed by atoms with Crippen molar-refractivity contribution in [1.29, 1.82) is 0 Å². The quantitative estimate of drug-likeness (QED) is 0.668. The highest BCUT2D eigenvalue weighted by molar-refractivity contribution is 7.99. The lowest BCUT2D eigenvalue weighted by Crippen LogP contribution is -2.36. The van der Waals surface area contributed by atoms with Crippen LogP contribution in [-0.4, -0.2) is 57.9 Å². The van der Waals surface area contributed by atoms with Crippen LogP contribution in [0.15, 0.2) is 0 Å². The van der Waals surface area contributed by atoms with Gasteiger partial charge in [0.2, 0.25) is 0 Å². The molecule has 1 aliphatic heterocycles. The van der Waals surface area contributed by atoms with Crippen LogP contribution in [-0.2, 0) is 14.4 Å². The second kappa shape index (κ2) is 5.94. The normalized spacial score (nSPS) is 19.5. The van der Waals surface area contributed by atoms with Crippen molar-refractivity contribution in [3.8, 4) is 0 Å². The topological polar surface area (TPSA) is 87.1 Å². The summed E-state index contributed by atoms with van der Waals surface area (Å²) in [5.41, 5.74) is 0. The molecule has 0 saturated carbocycles. The van der Waals surface area contributed by atoms with E-state index in [1.165, 1.54) is 5.06 Å². The molecule has 1 heterocycles. The number of carbonyl (C=O) groups excluding carboxylic acids is 1. The van der Waals surface area contributed by atoms with E-state index in [2.05, 4.69) is 0 Å². The lowest BCUT2D eigenvalue weighted by atomic mass is 10.3. The number of hydrogen-bond donors (Lipinski definition) is 2. The van der Waals surface area contributed by atoms with E-state index in [4.69, 9.17) is 15.1 Å². The standard InChI is InChI=1S/C8H13NO5S/c10-6(8(12)13)5-7(11)14-9-1-3-15-4-2-9/h6,10H,1-5H2,(H,12,13). The molecule has 6 nitrogen and oxygen atoms in total. The molecule has 0 aromatic rings. The van der Waals surface area contributed by atoms with Gasteiger partial charge in [0.15, 0.2) is 6.10 Å². The maximum atomic E-state index is 11.1. The third kappa shape index (κ3) is 4.50. The van der Waals surface area contributed by atoms with Gasteiger partial charge in [0.05, 0.1) is 6.42 Å². The van der Waals surface area contributed by atoms with Crippen molar-refractivity contribution in [3.63, 3.8) is 0 Å². The first-order valence-corrected chi connectivity index (χ1v) is 5.69. The van der Waals surface area contributed by atoms with Crippen molar-refractivity contribution in [1.82, 2.24) is 5.06 Å². The molecule has 1 rings (SSSR count). The van der Waals surface area contributed by atoms with Gasteiger partial charge in [-0.1, -0.05) is 0 Å². The van der Waals surface area contributed by atoms with Crippen molar-refractivity contribution in [2.24, 2.45) is 0 Å². The summed E-state index contributed by atoms with van der Waals surface area (Å²) in [6.07, 6.45) is -2.20. The third-order valence-corrected chi connectivity index (χ3v) is 2.79. The van der Waals surface area contributed by atoms with Crippen LogP contribution in [0.25, 0.3) is 0 Å². The molecular formula is C8H13NO5S. The Labute approximate surface area is 91.2 Å². The molecule has 2 N–H and O–H groups in total. The summed E-state index contributed by atoms with van der Waals surface area (Å²) in [6.45, 7) is 1.28. The fourth-order valence-electron chi connectivity index (χ4n) is 1.06. The monoisotopic (exact) mass is 235 g/mol. The van der Waals surface area contributed by atoms with E-state index >= 15 is 0 Å². The molecule has 0 spiro atoms. The van der Waals surface area contributed by atoms with E-state index in [1.807, 2.05) is 0 Å². The molecule has 0 bridgehead atoms. The first-order chi connectivity index (χ1) is 7.09. The fraction of sp³-hybridized carbons (Fsp3) is 0.750. The third-order valence-electron chi connectivity index (χ3n) is 1.85. The molecule has 0 aromatic heterocycles. The summed E-state index contributed by atoms with van der Waals surface area (Å²) in [6, 6.07) is 0. The van der Waals surface area contributed by atoms with E-state index in [0.29, 0.717) is 13.1 Å². The molecular weight excluding hydrogens is 222 g/mol. The fourth-order valence-corrected chi connectivity index (χ4v) is 1.93. The highest BCUT2D eigenvalue weighted by atomic mass is 32.2. The zero-order chi connectivity index (χ0) is 11.3. The van der Waals surface area contributed by atoms with Crippen molar-refractivity contribution < 1.29 is 24.6 Å². The van der Waals surface area contributed by atoms with Crippen LogP contribution in [0.3, 0.4) is 0 Å². The van der Waals surface area contributed by atoms with Crippen molar-refractivity contribution in [2.45, 2.75) is 12.5 Å². The molecule has 15 heavy (non-hydrogen) atoms. The van der Waals surface area contributed by atoms with Gasteiger partial charge in [-0.05, 0) is 0 Å². The van der Waals surface area contributed by atoms with Gasteiger partial charge in [-0.2, -0.15) is 11.8 Å². The number of hydrogen-bond acceptors (Lipinski definition) is 6. The van der Waals surface area contributed by atoms with Gasteiger partial charge in [-0.15, -0.1) is 5.06 Å². The first kappa shape index (κ1) is 12.3. The Balaban J connectivity index is 2.25. The predicted octanol–water partition coefficient (Wildman–Crippen LogP) is -0.671. The van der Waals surface area contributed by atoms with Crippen LogP contribution in [0, 0.1) is 0 Å². The second-order valence-electron chi connectivity index (χ2n) is 3.06. The van der Waals surface area contributed by atoms with Crippen molar-refractivity contribution in [3.05, 3.63) is 0 Å². The lowest BCUT2D eigenvalue weighted by Gasteiger charge is -2.24. The van der Waals surface area contributed by atoms with E-state index in [-0.39, 0.29) is 0 Å².